The van der Waals surface area contributed by atoms with Crippen molar-refractivity contribution in [3.63, 3.8) is 0 Å². The molecule has 0 bridgehead atoms. The highest BCUT2D eigenvalue weighted by molar-refractivity contribution is 6.04. The van der Waals surface area contributed by atoms with Crippen LogP contribution < -0.4 is 11.5 Å². The van der Waals surface area contributed by atoms with Gasteiger partial charge < -0.3 is 16.2 Å². The van der Waals surface area contributed by atoms with Gasteiger partial charge in [-0.3, -0.25) is 0 Å². The van der Waals surface area contributed by atoms with Gasteiger partial charge in [-0.15, -0.1) is 0 Å². The van der Waals surface area contributed by atoms with Crippen molar-refractivity contribution in [1.82, 2.24) is 9.97 Å². The molecule has 19 heavy (non-hydrogen) atoms. The van der Waals surface area contributed by atoms with E-state index in [0.717, 1.165) is 0 Å². The van der Waals surface area contributed by atoms with Crippen LogP contribution in [0.5, 0.6) is 0 Å². The van der Waals surface area contributed by atoms with Gasteiger partial charge in [-0.1, -0.05) is 0 Å². The zero-order chi connectivity index (χ0) is 13.8. The fraction of sp³-hybridized carbons (Fsp3) is 0. The number of anilines is 2. The third kappa shape index (κ3) is 2.83. The quantitative estimate of drug-likeness (QED) is 0.598. The van der Waals surface area contributed by atoms with Crippen LogP contribution in [0.15, 0.2) is 36.7 Å². The van der Waals surface area contributed by atoms with Crippen LogP contribution in [0, 0.1) is 0 Å². The Morgan fingerprint density at radius 3 is 2.53 bits per heavy atom. The number of hydrogen-bond acceptors (Lipinski definition) is 7. The molecule has 7 nitrogen and oxygen atoms in total. The van der Waals surface area contributed by atoms with Gasteiger partial charge in [0.25, 0.3) is 0 Å². The minimum atomic E-state index is -0.869. The molecule has 2 heterocycles. The molecular weight excluding hydrogens is 248 g/mol. The van der Waals surface area contributed by atoms with Gasteiger partial charge in [0.15, 0.2) is 0 Å². The van der Waals surface area contributed by atoms with Crippen molar-refractivity contribution >= 4 is 23.6 Å². The molecule has 0 aliphatic carbocycles. The van der Waals surface area contributed by atoms with Gasteiger partial charge >= 0.3 is 11.9 Å². The SMILES string of the molecule is Nc1cc(C(=O)OC(=O)c2cccnc2N)ccn1. The molecule has 0 aliphatic rings. The summed E-state index contributed by atoms with van der Waals surface area (Å²) in [5, 5.41) is 0. The Labute approximate surface area is 108 Å². The second-order valence-electron chi connectivity index (χ2n) is 3.58. The van der Waals surface area contributed by atoms with E-state index in [1.165, 1.54) is 36.7 Å². The van der Waals surface area contributed by atoms with Crippen molar-refractivity contribution < 1.29 is 14.3 Å². The summed E-state index contributed by atoms with van der Waals surface area (Å²) in [6, 6.07) is 5.63. The molecule has 0 saturated carbocycles. The molecule has 2 rings (SSSR count). The molecular formula is C12H10N4O3. The second kappa shape index (κ2) is 5.13. The number of aromatic nitrogens is 2. The van der Waals surface area contributed by atoms with Gasteiger partial charge in [-0.2, -0.15) is 0 Å². The minimum absolute atomic E-state index is 0.00505. The number of hydrogen-bond donors (Lipinski definition) is 2. The van der Waals surface area contributed by atoms with E-state index in [-0.39, 0.29) is 22.8 Å². The van der Waals surface area contributed by atoms with Crippen molar-refractivity contribution in [1.29, 1.82) is 0 Å². The van der Waals surface area contributed by atoms with Crippen molar-refractivity contribution in [3.05, 3.63) is 47.8 Å². The minimum Gasteiger partial charge on any atom is -0.386 e. The highest BCUT2D eigenvalue weighted by atomic mass is 16.6. The first-order chi connectivity index (χ1) is 9.08. The van der Waals surface area contributed by atoms with E-state index in [9.17, 15) is 9.59 Å². The Bertz CT molecular complexity index is 642. The molecule has 0 aliphatic heterocycles. The number of rotatable bonds is 2. The predicted molar refractivity (Wildman–Crippen MR) is 67.0 cm³/mol. The van der Waals surface area contributed by atoms with Crippen LogP contribution in [0.4, 0.5) is 11.6 Å². The normalized spacial score (nSPS) is 9.89. The number of esters is 2. The van der Waals surface area contributed by atoms with E-state index in [1.807, 2.05) is 0 Å². The Morgan fingerprint density at radius 2 is 1.84 bits per heavy atom. The standard InChI is InChI=1S/C12H10N4O3/c13-9-6-7(3-5-15-9)11(17)19-12(18)8-2-1-4-16-10(8)14/h1-6H,(H2,13,15)(H2,14,16). The molecule has 7 heteroatoms. The number of pyridine rings is 2. The molecule has 0 amide bonds. The lowest BCUT2D eigenvalue weighted by atomic mass is 10.2. The summed E-state index contributed by atoms with van der Waals surface area (Å²) in [6.07, 6.45) is 2.77. The van der Waals surface area contributed by atoms with Crippen LogP contribution in [0.1, 0.15) is 20.7 Å². The summed E-state index contributed by atoms with van der Waals surface area (Å²) in [6.45, 7) is 0. The summed E-state index contributed by atoms with van der Waals surface area (Å²) in [5.74, 6) is -1.55. The predicted octanol–water partition coefficient (Wildman–Crippen LogP) is 0.638. The van der Waals surface area contributed by atoms with E-state index >= 15 is 0 Å². The smallest absolute Gasteiger partial charge is 0.349 e. The largest absolute Gasteiger partial charge is 0.386 e. The monoisotopic (exact) mass is 258 g/mol. The molecule has 0 radical (unpaired) electrons. The molecule has 2 aromatic rings. The molecule has 0 saturated heterocycles. The van der Waals surface area contributed by atoms with Crippen LogP contribution in [-0.4, -0.2) is 21.9 Å². The van der Waals surface area contributed by atoms with Gasteiger partial charge in [0.1, 0.15) is 17.2 Å². The first-order valence-electron chi connectivity index (χ1n) is 5.26. The lowest BCUT2D eigenvalue weighted by Crippen LogP contribution is -2.15. The molecule has 0 atom stereocenters. The zero-order valence-corrected chi connectivity index (χ0v) is 9.74. The van der Waals surface area contributed by atoms with Gasteiger partial charge in [-0.25, -0.2) is 19.6 Å². The Balaban J connectivity index is 2.16. The summed E-state index contributed by atoms with van der Waals surface area (Å²) in [5.41, 5.74) is 11.1. The summed E-state index contributed by atoms with van der Waals surface area (Å²) >= 11 is 0. The maximum absolute atomic E-state index is 11.7. The molecule has 0 aromatic carbocycles. The van der Waals surface area contributed by atoms with E-state index < -0.39 is 11.9 Å². The van der Waals surface area contributed by atoms with Crippen LogP contribution in [0.25, 0.3) is 0 Å². The van der Waals surface area contributed by atoms with Crippen molar-refractivity contribution in [2.24, 2.45) is 0 Å². The fourth-order valence-electron chi connectivity index (χ4n) is 1.36. The average Bonchev–Trinajstić information content (AvgIpc) is 2.39. The Hall–Kier alpha value is -2.96. The van der Waals surface area contributed by atoms with Crippen molar-refractivity contribution in [3.8, 4) is 0 Å². The highest BCUT2D eigenvalue weighted by Crippen LogP contribution is 2.11. The molecule has 0 unspecified atom stereocenters. The van der Waals surface area contributed by atoms with Crippen molar-refractivity contribution in [2.45, 2.75) is 0 Å². The number of nitrogens with zero attached hydrogens (tertiary/aromatic N) is 2. The van der Waals surface area contributed by atoms with Gasteiger partial charge in [0.05, 0.1) is 5.56 Å². The fourth-order valence-corrected chi connectivity index (χ4v) is 1.36. The molecule has 0 spiro atoms. The summed E-state index contributed by atoms with van der Waals surface area (Å²) in [4.78, 5) is 30.9. The maximum Gasteiger partial charge on any atom is 0.349 e. The molecule has 4 N–H and O–H groups in total. The molecule has 2 aromatic heterocycles. The maximum atomic E-state index is 11.7. The lowest BCUT2D eigenvalue weighted by Gasteiger charge is -2.04. The Morgan fingerprint density at radius 1 is 1.05 bits per heavy atom. The first-order valence-corrected chi connectivity index (χ1v) is 5.26. The first kappa shape index (κ1) is 12.5. The number of carbonyl (C=O) groups is 2. The number of nitrogens with two attached hydrogens (primary N) is 2. The van der Waals surface area contributed by atoms with E-state index in [0.29, 0.717) is 0 Å². The number of ether oxygens (including phenoxy) is 1. The topological polar surface area (TPSA) is 121 Å². The number of carbonyl (C=O) groups excluding carboxylic acids is 2. The third-order valence-corrected chi connectivity index (χ3v) is 2.26. The Kier molecular flexibility index (Phi) is 3.37. The van der Waals surface area contributed by atoms with E-state index in [2.05, 4.69) is 14.7 Å². The zero-order valence-electron chi connectivity index (χ0n) is 9.74. The second-order valence-corrected chi connectivity index (χ2v) is 3.58. The van der Waals surface area contributed by atoms with Gasteiger partial charge in [0.2, 0.25) is 0 Å². The van der Waals surface area contributed by atoms with Gasteiger partial charge in [0, 0.05) is 12.4 Å². The van der Waals surface area contributed by atoms with Crippen molar-refractivity contribution in [2.75, 3.05) is 11.5 Å². The highest BCUT2D eigenvalue weighted by Gasteiger charge is 2.17. The molecule has 96 valence electrons. The van der Waals surface area contributed by atoms with E-state index in [1.54, 1.807) is 0 Å². The van der Waals surface area contributed by atoms with Crippen LogP contribution >= 0.6 is 0 Å². The van der Waals surface area contributed by atoms with E-state index in [4.69, 9.17) is 11.5 Å². The van der Waals surface area contributed by atoms with Crippen LogP contribution in [0.2, 0.25) is 0 Å². The van der Waals surface area contributed by atoms with Crippen LogP contribution in [-0.2, 0) is 4.74 Å². The average molecular weight is 258 g/mol. The molecule has 0 fully saturated rings. The summed E-state index contributed by atoms with van der Waals surface area (Å²) < 4.78 is 4.68. The third-order valence-electron chi connectivity index (χ3n) is 2.26. The van der Waals surface area contributed by atoms with Crippen LogP contribution in [0.3, 0.4) is 0 Å². The van der Waals surface area contributed by atoms with Gasteiger partial charge in [-0.05, 0) is 24.3 Å². The number of nitrogen functional groups attached to an aromatic ring is 2. The lowest BCUT2D eigenvalue weighted by molar-refractivity contribution is 0.0398. The summed E-state index contributed by atoms with van der Waals surface area (Å²) in [7, 11) is 0.